The molecule has 12 heavy (non-hydrogen) atoms. The Balaban J connectivity index is 3.03. The van der Waals surface area contributed by atoms with E-state index in [1.165, 1.54) is 6.07 Å². The summed E-state index contributed by atoms with van der Waals surface area (Å²) in [6.07, 6.45) is 1.69. The molecule has 0 aromatic carbocycles. The highest BCUT2D eigenvalue weighted by Gasteiger charge is 2.05. The molecule has 0 radical (unpaired) electrons. The van der Waals surface area contributed by atoms with Gasteiger partial charge in [0, 0.05) is 16.7 Å². The van der Waals surface area contributed by atoms with Gasteiger partial charge in [-0.1, -0.05) is 11.6 Å². The number of hydrogen-bond donors (Lipinski definition) is 2. The van der Waals surface area contributed by atoms with Crippen LogP contribution in [0.25, 0.3) is 11.0 Å². The van der Waals surface area contributed by atoms with Gasteiger partial charge in [-0.05, 0) is 15.9 Å². The third-order valence-corrected chi connectivity index (χ3v) is 2.41. The Labute approximate surface area is 80.9 Å². The molecule has 0 saturated heterocycles. The molecule has 0 unspecified atom stereocenters. The number of hydrogen-bond acceptors (Lipinski definition) is 1. The van der Waals surface area contributed by atoms with Gasteiger partial charge in [-0.25, -0.2) is 0 Å². The number of aromatic amines is 2. The van der Waals surface area contributed by atoms with Crippen LogP contribution in [0.4, 0.5) is 0 Å². The second-order valence-electron chi connectivity index (χ2n) is 2.37. The predicted octanol–water partition coefficient (Wildman–Crippen LogP) is 2.27. The summed E-state index contributed by atoms with van der Waals surface area (Å²) in [4.78, 5) is 17.0. The van der Waals surface area contributed by atoms with E-state index in [9.17, 15) is 4.79 Å². The van der Waals surface area contributed by atoms with Crippen LogP contribution >= 0.6 is 27.5 Å². The molecule has 2 aromatic rings. The lowest BCUT2D eigenvalue weighted by molar-refractivity contribution is 1.32. The molecule has 0 saturated carbocycles. The summed E-state index contributed by atoms with van der Waals surface area (Å²) >= 11 is 8.89. The Morgan fingerprint density at radius 3 is 3.00 bits per heavy atom. The number of pyridine rings is 1. The quantitative estimate of drug-likeness (QED) is 0.689. The normalized spacial score (nSPS) is 10.8. The third-order valence-electron chi connectivity index (χ3n) is 1.58. The van der Waals surface area contributed by atoms with Crippen LogP contribution in [-0.4, -0.2) is 9.97 Å². The van der Waals surface area contributed by atoms with Crippen LogP contribution in [0.1, 0.15) is 0 Å². The molecule has 5 heteroatoms. The highest BCUT2D eigenvalue weighted by molar-refractivity contribution is 9.10. The van der Waals surface area contributed by atoms with Crippen molar-refractivity contribution in [1.82, 2.24) is 9.97 Å². The van der Waals surface area contributed by atoms with Crippen LogP contribution in [0.3, 0.4) is 0 Å². The van der Waals surface area contributed by atoms with E-state index in [0.29, 0.717) is 16.2 Å². The van der Waals surface area contributed by atoms with Gasteiger partial charge in [-0.15, -0.1) is 0 Å². The average molecular weight is 247 g/mol. The summed E-state index contributed by atoms with van der Waals surface area (Å²) in [6.45, 7) is 0. The van der Waals surface area contributed by atoms with E-state index in [2.05, 4.69) is 25.9 Å². The molecule has 0 aliphatic rings. The molecule has 2 aromatic heterocycles. The third kappa shape index (κ3) is 1.07. The summed E-state index contributed by atoms with van der Waals surface area (Å²) in [5, 5.41) is 0.932. The van der Waals surface area contributed by atoms with Crippen LogP contribution in [0.2, 0.25) is 5.15 Å². The maximum absolute atomic E-state index is 11.3. The SMILES string of the molecule is O=c1cc(Cl)[nH]c2[nH]cc(Br)c12. The molecule has 0 bridgehead atoms. The smallest absolute Gasteiger partial charge is 0.193 e. The van der Waals surface area contributed by atoms with Gasteiger partial charge in [0.05, 0.1) is 5.39 Å². The number of aromatic nitrogens is 2. The van der Waals surface area contributed by atoms with Crippen molar-refractivity contribution in [3.8, 4) is 0 Å². The molecular formula is C7H4BrClN2O. The Kier molecular flexibility index (Phi) is 1.73. The van der Waals surface area contributed by atoms with E-state index >= 15 is 0 Å². The second kappa shape index (κ2) is 2.64. The van der Waals surface area contributed by atoms with Crippen LogP contribution in [-0.2, 0) is 0 Å². The monoisotopic (exact) mass is 246 g/mol. The van der Waals surface area contributed by atoms with Gasteiger partial charge in [-0.3, -0.25) is 4.79 Å². The first-order valence-electron chi connectivity index (χ1n) is 3.24. The van der Waals surface area contributed by atoms with Crippen LogP contribution in [0.5, 0.6) is 0 Å². The Morgan fingerprint density at radius 1 is 1.50 bits per heavy atom. The van der Waals surface area contributed by atoms with E-state index in [4.69, 9.17) is 11.6 Å². The van der Waals surface area contributed by atoms with Gasteiger partial charge in [0.2, 0.25) is 0 Å². The Bertz CT molecular complexity index is 488. The molecule has 0 atom stereocenters. The summed E-state index contributed by atoms with van der Waals surface area (Å²) in [6, 6.07) is 1.35. The zero-order chi connectivity index (χ0) is 8.72. The largest absolute Gasteiger partial charge is 0.346 e. The first-order valence-corrected chi connectivity index (χ1v) is 4.41. The number of fused-ring (bicyclic) bond motifs is 1. The highest BCUT2D eigenvalue weighted by Crippen LogP contribution is 2.19. The number of halogens is 2. The number of H-pyrrole nitrogens is 2. The summed E-state index contributed by atoms with van der Waals surface area (Å²) in [7, 11) is 0. The summed E-state index contributed by atoms with van der Waals surface area (Å²) < 4.78 is 0.746. The topological polar surface area (TPSA) is 48.6 Å². The molecule has 2 rings (SSSR count). The molecular weight excluding hydrogens is 243 g/mol. The number of rotatable bonds is 0. The van der Waals surface area contributed by atoms with Crippen LogP contribution in [0.15, 0.2) is 21.5 Å². The van der Waals surface area contributed by atoms with Crippen molar-refractivity contribution in [2.24, 2.45) is 0 Å². The van der Waals surface area contributed by atoms with Gasteiger partial charge in [-0.2, -0.15) is 0 Å². The molecule has 0 spiro atoms. The molecule has 62 valence electrons. The van der Waals surface area contributed by atoms with Crippen molar-refractivity contribution in [3.05, 3.63) is 32.1 Å². The van der Waals surface area contributed by atoms with Gasteiger partial charge < -0.3 is 9.97 Å². The van der Waals surface area contributed by atoms with Gasteiger partial charge >= 0.3 is 0 Å². The standard InChI is InChI=1S/C7H4BrClN2O/c8-3-2-10-7-6(3)4(12)1-5(9)11-7/h1-2H,(H2,10,11,12). The molecule has 0 aliphatic carbocycles. The second-order valence-corrected chi connectivity index (χ2v) is 3.63. The van der Waals surface area contributed by atoms with Crippen molar-refractivity contribution in [2.75, 3.05) is 0 Å². The van der Waals surface area contributed by atoms with Crippen molar-refractivity contribution >= 4 is 38.6 Å². The van der Waals surface area contributed by atoms with E-state index in [-0.39, 0.29) is 5.43 Å². The molecule has 2 N–H and O–H groups in total. The summed E-state index contributed by atoms with van der Waals surface area (Å²) in [5.74, 6) is 0. The van der Waals surface area contributed by atoms with Crippen LogP contribution < -0.4 is 5.43 Å². The van der Waals surface area contributed by atoms with Crippen LogP contribution in [0, 0.1) is 0 Å². The van der Waals surface area contributed by atoms with E-state index in [0.717, 1.165) is 4.47 Å². The van der Waals surface area contributed by atoms with Crippen molar-refractivity contribution in [3.63, 3.8) is 0 Å². The fourth-order valence-electron chi connectivity index (χ4n) is 1.08. The minimum atomic E-state index is -0.0955. The molecule has 2 heterocycles. The highest BCUT2D eigenvalue weighted by atomic mass is 79.9. The lowest BCUT2D eigenvalue weighted by Crippen LogP contribution is -1.99. The minimum absolute atomic E-state index is 0.0955. The Hall–Kier alpha value is -0.740. The number of nitrogens with one attached hydrogen (secondary N) is 2. The fraction of sp³-hybridized carbons (Fsp3) is 0. The van der Waals surface area contributed by atoms with E-state index < -0.39 is 0 Å². The lowest BCUT2D eigenvalue weighted by atomic mass is 10.3. The van der Waals surface area contributed by atoms with Gasteiger partial charge in [0.15, 0.2) is 5.43 Å². The molecule has 0 fully saturated rings. The molecule has 0 aliphatic heterocycles. The fourth-order valence-corrected chi connectivity index (χ4v) is 1.78. The first kappa shape index (κ1) is 7.89. The van der Waals surface area contributed by atoms with Crippen molar-refractivity contribution < 1.29 is 0 Å². The van der Waals surface area contributed by atoms with Crippen molar-refractivity contribution in [1.29, 1.82) is 0 Å². The lowest BCUT2D eigenvalue weighted by Gasteiger charge is -1.91. The maximum Gasteiger partial charge on any atom is 0.193 e. The molecule has 0 amide bonds. The van der Waals surface area contributed by atoms with Gasteiger partial charge in [0.1, 0.15) is 10.8 Å². The van der Waals surface area contributed by atoms with E-state index in [1.807, 2.05) is 0 Å². The molecule has 3 nitrogen and oxygen atoms in total. The Morgan fingerprint density at radius 2 is 2.25 bits per heavy atom. The maximum atomic E-state index is 11.3. The van der Waals surface area contributed by atoms with E-state index in [1.54, 1.807) is 6.20 Å². The zero-order valence-corrected chi connectivity index (χ0v) is 8.16. The first-order chi connectivity index (χ1) is 5.68. The predicted molar refractivity (Wildman–Crippen MR) is 51.6 cm³/mol. The summed E-state index contributed by atoms with van der Waals surface area (Å²) in [5.41, 5.74) is 0.543. The van der Waals surface area contributed by atoms with Gasteiger partial charge in [0.25, 0.3) is 0 Å². The minimum Gasteiger partial charge on any atom is -0.346 e. The van der Waals surface area contributed by atoms with Crippen molar-refractivity contribution in [2.45, 2.75) is 0 Å². The zero-order valence-electron chi connectivity index (χ0n) is 5.82. The average Bonchev–Trinajstić information content (AvgIpc) is 2.31.